The largest absolute Gasteiger partial charge is 0.492 e. The average Bonchev–Trinajstić information content (AvgIpc) is 2.93. The Morgan fingerprint density at radius 2 is 1.83 bits per heavy atom. The molecular weight excluding hydrogens is 472 g/mol. The number of ether oxygens (including phenoxy) is 1. The van der Waals surface area contributed by atoms with Gasteiger partial charge in [0, 0.05) is 24.6 Å². The standard InChI is InChI=1S/C26H26N4O3S.C2H6/c27-25-24-22(28-34(32)29-25)12-5-13-23(24)33-17-18-7-6-14-30(16-18)26(31)21-11-4-10-20(15-21)19-8-2-1-3-9-19;1-2/h1-5,8-13,15,18,28H,6-7,14,16-17H2,(H2,27,29);1-2H3. The summed E-state index contributed by atoms with van der Waals surface area (Å²) in [5.41, 5.74) is 10.1. The van der Waals surface area contributed by atoms with Crippen molar-refractivity contribution >= 4 is 28.6 Å². The summed E-state index contributed by atoms with van der Waals surface area (Å²) in [6.45, 7) is 5.83. The summed E-state index contributed by atoms with van der Waals surface area (Å²) in [6.07, 6.45) is 1.91. The zero-order chi connectivity index (χ0) is 25.5. The SMILES string of the molecule is CC.NC1=NS(=O)Nc2cccc(OCC3CCCN(C(=O)c4cccc(-c5ccccc5)c4)C3)c21. The number of amides is 1. The zero-order valence-electron chi connectivity index (χ0n) is 20.6. The van der Waals surface area contributed by atoms with Crippen LogP contribution in [-0.2, 0) is 11.2 Å². The van der Waals surface area contributed by atoms with Gasteiger partial charge in [-0.2, -0.15) is 4.40 Å². The second-order valence-electron chi connectivity index (χ2n) is 8.52. The number of hydrogen-bond acceptors (Lipinski definition) is 4. The number of carbonyl (C=O) groups is 1. The van der Waals surface area contributed by atoms with E-state index in [2.05, 4.69) is 9.12 Å². The molecule has 0 radical (unpaired) electrons. The third-order valence-corrected chi connectivity index (χ3v) is 6.92. The molecule has 0 spiro atoms. The molecule has 2 aliphatic heterocycles. The third-order valence-electron chi connectivity index (χ3n) is 6.16. The van der Waals surface area contributed by atoms with E-state index in [0.717, 1.165) is 30.5 Å². The molecule has 7 nitrogen and oxygen atoms in total. The average molecular weight is 505 g/mol. The van der Waals surface area contributed by atoms with Crippen LogP contribution in [0.2, 0.25) is 0 Å². The lowest BCUT2D eigenvalue weighted by Crippen LogP contribution is -2.41. The molecule has 5 rings (SSSR count). The van der Waals surface area contributed by atoms with Crippen molar-refractivity contribution in [2.24, 2.45) is 16.0 Å². The smallest absolute Gasteiger partial charge is 0.253 e. The number of nitrogens with one attached hydrogen (secondary N) is 1. The molecule has 0 aliphatic carbocycles. The number of likely N-dealkylation sites (tertiary alicyclic amines) is 1. The van der Waals surface area contributed by atoms with Crippen LogP contribution in [0.3, 0.4) is 0 Å². The van der Waals surface area contributed by atoms with Gasteiger partial charge in [0.1, 0.15) is 11.6 Å². The van der Waals surface area contributed by atoms with Gasteiger partial charge in [-0.1, -0.05) is 62.4 Å². The molecule has 1 amide bonds. The van der Waals surface area contributed by atoms with Gasteiger partial charge in [0.15, 0.2) is 0 Å². The van der Waals surface area contributed by atoms with Crippen LogP contribution in [0.15, 0.2) is 77.2 Å². The molecule has 2 unspecified atom stereocenters. The number of carbonyl (C=O) groups excluding carboxylic acids is 1. The minimum atomic E-state index is -1.58. The lowest BCUT2D eigenvalue weighted by molar-refractivity contribution is 0.0633. The van der Waals surface area contributed by atoms with Crippen LogP contribution < -0.4 is 15.2 Å². The van der Waals surface area contributed by atoms with Crippen molar-refractivity contribution in [1.82, 2.24) is 4.90 Å². The first-order valence-corrected chi connectivity index (χ1v) is 13.4. The number of nitrogens with two attached hydrogens (primary N) is 1. The Balaban J connectivity index is 0.00000148. The van der Waals surface area contributed by atoms with E-state index in [4.69, 9.17) is 10.5 Å². The number of benzene rings is 3. The van der Waals surface area contributed by atoms with Gasteiger partial charge >= 0.3 is 0 Å². The van der Waals surface area contributed by atoms with Gasteiger partial charge in [0.25, 0.3) is 5.91 Å². The van der Waals surface area contributed by atoms with Gasteiger partial charge in [-0.3, -0.25) is 9.52 Å². The highest BCUT2D eigenvalue weighted by Crippen LogP contribution is 2.30. The zero-order valence-corrected chi connectivity index (χ0v) is 21.5. The fourth-order valence-electron chi connectivity index (χ4n) is 4.49. The highest BCUT2D eigenvalue weighted by atomic mass is 32.2. The van der Waals surface area contributed by atoms with Crippen LogP contribution in [0.5, 0.6) is 5.75 Å². The van der Waals surface area contributed by atoms with Crippen LogP contribution in [-0.4, -0.2) is 40.5 Å². The molecule has 0 aromatic heterocycles. The number of nitrogens with zero attached hydrogens (tertiary/aromatic N) is 2. The van der Waals surface area contributed by atoms with Crippen LogP contribution in [0.4, 0.5) is 5.69 Å². The van der Waals surface area contributed by atoms with Crippen molar-refractivity contribution in [3.8, 4) is 16.9 Å². The number of fused-ring (bicyclic) bond motifs is 1. The van der Waals surface area contributed by atoms with Gasteiger partial charge in [0.05, 0.1) is 17.9 Å². The van der Waals surface area contributed by atoms with Gasteiger partial charge in [-0.15, -0.1) is 0 Å². The Bertz CT molecular complexity index is 1260. The van der Waals surface area contributed by atoms with Gasteiger partial charge in [-0.05, 0) is 48.2 Å². The van der Waals surface area contributed by atoms with Crippen molar-refractivity contribution in [3.63, 3.8) is 0 Å². The molecule has 36 heavy (non-hydrogen) atoms. The maximum Gasteiger partial charge on any atom is 0.253 e. The van der Waals surface area contributed by atoms with E-state index < -0.39 is 11.2 Å². The number of anilines is 1. The van der Waals surface area contributed by atoms with Crippen molar-refractivity contribution in [3.05, 3.63) is 83.9 Å². The molecule has 3 aromatic rings. The first-order valence-electron chi connectivity index (χ1n) is 12.3. The van der Waals surface area contributed by atoms with E-state index in [0.29, 0.717) is 35.7 Å². The maximum absolute atomic E-state index is 13.3. The Morgan fingerprint density at radius 3 is 2.64 bits per heavy atom. The van der Waals surface area contributed by atoms with Gasteiger partial charge in [-0.25, -0.2) is 4.21 Å². The number of hydrogen-bond donors (Lipinski definition) is 2. The van der Waals surface area contributed by atoms with E-state index >= 15 is 0 Å². The van der Waals surface area contributed by atoms with E-state index in [-0.39, 0.29) is 17.7 Å². The summed E-state index contributed by atoms with van der Waals surface area (Å²) in [7, 11) is 0. The Labute approximate surface area is 215 Å². The van der Waals surface area contributed by atoms with Crippen molar-refractivity contribution in [2.75, 3.05) is 24.4 Å². The molecule has 8 heteroatoms. The van der Waals surface area contributed by atoms with Crippen LogP contribution in [0.25, 0.3) is 11.1 Å². The molecule has 3 aromatic carbocycles. The summed E-state index contributed by atoms with van der Waals surface area (Å²) in [5.74, 6) is 1.04. The number of piperidine rings is 1. The molecule has 3 N–H and O–H groups in total. The summed E-state index contributed by atoms with van der Waals surface area (Å²) >= 11 is -1.58. The lowest BCUT2D eigenvalue weighted by atomic mass is 9.97. The molecule has 1 saturated heterocycles. The van der Waals surface area contributed by atoms with Crippen molar-refractivity contribution in [1.29, 1.82) is 0 Å². The monoisotopic (exact) mass is 504 g/mol. The van der Waals surface area contributed by atoms with Gasteiger partial charge < -0.3 is 15.4 Å². The van der Waals surface area contributed by atoms with Crippen LogP contribution in [0.1, 0.15) is 42.6 Å². The second kappa shape index (κ2) is 11.9. The third kappa shape index (κ3) is 5.76. The summed E-state index contributed by atoms with van der Waals surface area (Å²) in [5, 5.41) is 0. The van der Waals surface area contributed by atoms with E-state index in [1.165, 1.54) is 0 Å². The summed E-state index contributed by atoms with van der Waals surface area (Å²) < 4.78 is 24.5. The first-order chi connectivity index (χ1) is 17.6. The predicted molar refractivity (Wildman–Crippen MR) is 146 cm³/mol. The second-order valence-corrected chi connectivity index (χ2v) is 9.41. The highest BCUT2D eigenvalue weighted by molar-refractivity contribution is 7.85. The fourth-order valence-corrected chi connectivity index (χ4v) is 5.16. The van der Waals surface area contributed by atoms with E-state index in [9.17, 15) is 9.00 Å². The van der Waals surface area contributed by atoms with Crippen molar-refractivity contribution < 1.29 is 13.7 Å². The van der Waals surface area contributed by atoms with E-state index in [1.807, 2.05) is 85.5 Å². The van der Waals surface area contributed by atoms with Gasteiger partial charge in [0.2, 0.25) is 11.2 Å². The number of rotatable bonds is 5. The normalized spacial score (nSPS) is 18.6. The summed E-state index contributed by atoms with van der Waals surface area (Å²) in [4.78, 5) is 15.2. The summed E-state index contributed by atoms with van der Waals surface area (Å²) in [6, 6.07) is 23.3. The molecule has 2 aliphatic rings. The Kier molecular flexibility index (Phi) is 8.38. The van der Waals surface area contributed by atoms with E-state index in [1.54, 1.807) is 6.07 Å². The maximum atomic E-state index is 13.3. The quantitative estimate of drug-likeness (QED) is 0.510. The molecule has 0 saturated carbocycles. The van der Waals surface area contributed by atoms with Crippen LogP contribution >= 0.6 is 0 Å². The number of amidine groups is 1. The Morgan fingerprint density at radius 1 is 1.08 bits per heavy atom. The first kappa shape index (κ1) is 25.4. The van der Waals surface area contributed by atoms with Crippen molar-refractivity contribution in [2.45, 2.75) is 26.7 Å². The minimum absolute atomic E-state index is 0.0441. The Hall–Kier alpha value is -3.65. The molecule has 1 fully saturated rings. The fraction of sp³-hybridized carbons (Fsp3) is 0.286. The van der Waals surface area contributed by atoms with Crippen LogP contribution in [0, 0.1) is 5.92 Å². The molecular formula is C28H32N4O3S. The minimum Gasteiger partial charge on any atom is -0.492 e. The predicted octanol–water partition coefficient (Wildman–Crippen LogP) is 5.02. The lowest BCUT2D eigenvalue weighted by Gasteiger charge is -2.33. The molecule has 2 atom stereocenters. The molecule has 2 heterocycles. The molecule has 188 valence electrons. The molecule has 0 bridgehead atoms. The topological polar surface area (TPSA) is 97.0 Å². The highest BCUT2D eigenvalue weighted by Gasteiger charge is 2.26.